The largest absolute Gasteiger partial charge is 0.411 e. The first-order valence-electron chi connectivity index (χ1n) is 5.82. The number of benzene rings is 1. The fourth-order valence-corrected chi connectivity index (χ4v) is 2.60. The summed E-state index contributed by atoms with van der Waals surface area (Å²) >= 11 is 12.0. The topological polar surface area (TPSA) is 63.3 Å². The molecule has 0 aliphatic heterocycles. The molecule has 1 aliphatic rings. The molecule has 1 heterocycles. The Kier molecular flexibility index (Phi) is 3.16. The van der Waals surface area contributed by atoms with Crippen LogP contribution < -0.4 is 0 Å². The van der Waals surface area contributed by atoms with Gasteiger partial charge in [-0.1, -0.05) is 28.4 Å². The Morgan fingerprint density at radius 1 is 1.21 bits per heavy atom. The molecule has 0 bridgehead atoms. The van der Waals surface area contributed by atoms with Gasteiger partial charge in [-0.05, 0) is 37.5 Å². The second kappa shape index (κ2) is 4.83. The predicted octanol–water partition coefficient (Wildman–Crippen LogP) is 3.09. The zero-order valence-corrected chi connectivity index (χ0v) is 11.4. The van der Waals surface area contributed by atoms with Gasteiger partial charge in [0, 0.05) is 5.02 Å². The second-order valence-electron chi connectivity index (χ2n) is 4.28. The minimum Gasteiger partial charge on any atom is -0.411 e. The molecule has 5 nitrogen and oxygen atoms in total. The highest BCUT2D eigenvalue weighted by Gasteiger charge is 2.22. The third-order valence-corrected chi connectivity index (χ3v) is 3.57. The molecule has 0 amide bonds. The maximum Gasteiger partial charge on any atom is 0.134 e. The van der Waals surface area contributed by atoms with E-state index in [4.69, 9.17) is 28.4 Å². The van der Waals surface area contributed by atoms with Crippen LogP contribution in [0.5, 0.6) is 0 Å². The Labute approximate surface area is 119 Å². The maximum atomic E-state index is 8.98. The van der Waals surface area contributed by atoms with Crippen LogP contribution in [0.3, 0.4) is 0 Å². The summed E-state index contributed by atoms with van der Waals surface area (Å²) < 4.78 is 0. The molecule has 0 unspecified atom stereocenters. The van der Waals surface area contributed by atoms with Crippen molar-refractivity contribution >= 4 is 28.9 Å². The van der Waals surface area contributed by atoms with Gasteiger partial charge in [-0.3, -0.25) is 0 Å². The van der Waals surface area contributed by atoms with Crippen molar-refractivity contribution in [1.29, 1.82) is 0 Å². The van der Waals surface area contributed by atoms with E-state index in [-0.39, 0.29) is 0 Å². The lowest BCUT2D eigenvalue weighted by Crippen LogP contribution is -2.11. The van der Waals surface area contributed by atoms with E-state index < -0.39 is 0 Å². The molecule has 98 valence electrons. The van der Waals surface area contributed by atoms with E-state index in [1.807, 2.05) is 0 Å². The van der Waals surface area contributed by atoms with Gasteiger partial charge in [0.2, 0.25) is 0 Å². The van der Waals surface area contributed by atoms with Crippen LogP contribution in [-0.4, -0.2) is 25.9 Å². The molecule has 0 fully saturated rings. The Hall–Kier alpha value is -1.59. The van der Waals surface area contributed by atoms with Crippen LogP contribution in [0.25, 0.3) is 5.69 Å². The minimum atomic E-state index is 0.474. The molecule has 0 saturated carbocycles. The average Bonchev–Trinajstić information content (AvgIpc) is 2.81. The van der Waals surface area contributed by atoms with Gasteiger partial charge in [0.25, 0.3) is 0 Å². The highest BCUT2D eigenvalue weighted by atomic mass is 35.5. The summed E-state index contributed by atoms with van der Waals surface area (Å²) in [5.74, 6) is 0. The van der Waals surface area contributed by atoms with Gasteiger partial charge in [0.1, 0.15) is 17.1 Å². The van der Waals surface area contributed by atoms with Gasteiger partial charge < -0.3 is 5.21 Å². The van der Waals surface area contributed by atoms with Gasteiger partial charge in [0.15, 0.2) is 0 Å². The van der Waals surface area contributed by atoms with Crippen LogP contribution in [0.15, 0.2) is 23.4 Å². The predicted molar refractivity (Wildman–Crippen MR) is 72.6 cm³/mol. The number of hydrogen-bond donors (Lipinski definition) is 1. The highest BCUT2D eigenvalue weighted by Crippen LogP contribution is 2.25. The van der Waals surface area contributed by atoms with Gasteiger partial charge in [-0.25, -0.2) is 0 Å². The zero-order valence-electron chi connectivity index (χ0n) is 9.85. The molecule has 19 heavy (non-hydrogen) atoms. The lowest BCUT2D eigenvalue weighted by molar-refractivity contribution is 0.317. The van der Waals surface area contributed by atoms with Crippen molar-refractivity contribution in [3.8, 4) is 5.69 Å². The molecular weight excluding hydrogens is 287 g/mol. The van der Waals surface area contributed by atoms with Gasteiger partial charge in [0.05, 0.1) is 10.7 Å². The summed E-state index contributed by atoms with van der Waals surface area (Å²) in [7, 11) is 0. The Morgan fingerprint density at radius 2 is 2.05 bits per heavy atom. The third-order valence-electron chi connectivity index (χ3n) is 3.03. The van der Waals surface area contributed by atoms with E-state index in [1.165, 1.54) is 4.80 Å². The van der Waals surface area contributed by atoms with Crippen molar-refractivity contribution in [2.75, 3.05) is 0 Å². The number of fused-ring (bicyclic) bond motifs is 1. The molecule has 2 aromatic rings. The van der Waals surface area contributed by atoms with Crippen LogP contribution in [0.1, 0.15) is 24.2 Å². The number of nitrogens with zero attached hydrogens (tertiary/aromatic N) is 4. The van der Waals surface area contributed by atoms with E-state index >= 15 is 0 Å². The fraction of sp³-hybridized carbons (Fsp3) is 0.250. The lowest BCUT2D eigenvalue weighted by Gasteiger charge is -2.07. The minimum absolute atomic E-state index is 0.474. The first-order chi connectivity index (χ1) is 9.19. The molecule has 0 spiro atoms. The third kappa shape index (κ3) is 2.19. The SMILES string of the molecule is O/N=C1/CCCc2nn(-c3ccc(Cl)cc3Cl)nc21. The molecule has 1 N–H and O–H groups in total. The molecule has 3 rings (SSSR count). The van der Waals surface area contributed by atoms with E-state index in [9.17, 15) is 0 Å². The Balaban J connectivity index is 2.10. The van der Waals surface area contributed by atoms with Crippen LogP contribution in [0.2, 0.25) is 10.0 Å². The molecule has 0 saturated heterocycles. The van der Waals surface area contributed by atoms with Crippen molar-refractivity contribution < 1.29 is 5.21 Å². The number of halogens is 2. The summed E-state index contributed by atoms with van der Waals surface area (Å²) in [5.41, 5.74) is 2.68. The van der Waals surface area contributed by atoms with Crippen molar-refractivity contribution in [3.63, 3.8) is 0 Å². The van der Waals surface area contributed by atoms with Crippen molar-refractivity contribution in [1.82, 2.24) is 15.0 Å². The van der Waals surface area contributed by atoms with Gasteiger partial charge in [-0.15, -0.1) is 9.90 Å². The molecule has 1 aliphatic carbocycles. The number of oxime groups is 1. The van der Waals surface area contributed by atoms with Crippen LogP contribution >= 0.6 is 23.2 Å². The molecule has 1 aromatic heterocycles. The number of aryl methyl sites for hydroxylation is 1. The standard InChI is InChI=1S/C12H10Cl2N4O/c13-7-4-5-11(8(14)6-7)18-15-9-2-1-3-10(17-19)12(9)16-18/h4-6,19H,1-3H2/b17-10-. The van der Waals surface area contributed by atoms with E-state index in [2.05, 4.69) is 15.4 Å². The van der Waals surface area contributed by atoms with E-state index in [0.717, 1.165) is 18.5 Å². The van der Waals surface area contributed by atoms with Crippen molar-refractivity contribution in [3.05, 3.63) is 39.6 Å². The van der Waals surface area contributed by atoms with Gasteiger partial charge in [-0.2, -0.15) is 5.10 Å². The zero-order chi connectivity index (χ0) is 13.4. The lowest BCUT2D eigenvalue weighted by atomic mass is 9.99. The summed E-state index contributed by atoms with van der Waals surface area (Å²) in [6, 6.07) is 5.12. The van der Waals surface area contributed by atoms with Gasteiger partial charge >= 0.3 is 0 Å². The monoisotopic (exact) mass is 296 g/mol. The smallest absolute Gasteiger partial charge is 0.134 e. The first-order valence-corrected chi connectivity index (χ1v) is 6.57. The highest BCUT2D eigenvalue weighted by molar-refractivity contribution is 6.35. The average molecular weight is 297 g/mol. The molecule has 0 radical (unpaired) electrons. The van der Waals surface area contributed by atoms with Crippen LogP contribution in [-0.2, 0) is 6.42 Å². The van der Waals surface area contributed by atoms with Crippen LogP contribution in [0, 0.1) is 0 Å². The first kappa shape index (κ1) is 12.4. The van der Waals surface area contributed by atoms with E-state index in [0.29, 0.717) is 33.6 Å². The van der Waals surface area contributed by atoms with E-state index in [1.54, 1.807) is 18.2 Å². The van der Waals surface area contributed by atoms with Crippen LogP contribution in [0.4, 0.5) is 0 Å². The summed E-state index contributed by atoms with van der Waals surface area (Å²) in [6.45, 7) is 0. The number of aromatic nitrogens is 3. The summed E-state index contributed by atoms with van der Waals surface area (Å²) in [4.78, 5) is 1.46. The quantitative estimate of drug-likeness (QED) is 0.650. The molecule has 0 atom stereocenters. The Morgan fingerprint density at radius 3 is 2.79 bits per heavy atom. The summed E-state index contributed by atoms with van der Waals surface area (Å²) in [5, 5.41) is 22.0. The van der Waals surface area contributed by atoms with Crippen molar-refractivity contribution in [2.24, 2.45) is 5.16 Å². The normalized spacial score (nSPS) is 16.6. The van der Waals surface area contributed by atoms with Crippen molar-refractivity contribution in [2.45, 2.75) is 19.3 Å². The molecular formula is C12H10Cl2N4O. The molecule has 1 aromatic carbocycles. The fourth-order valence-electron chi connectivity index (χ4n) is 2.12. The maximum absolute atomic E-state index is 8.98. The molecule has 7 heteroatoms. The number of hydrogen-bond acceptors (Lipinski definition) is 4. The summed E-state index contributed by atoms with van der Waals surface area (Å²) in [6.07, 6.45) is 2.43. The Bertz CT molecular complexity index is 666. The second-order valence-corrected chi connectivity index (χ2v) is 5.12. The number of rotatable bonds is 1.